The molecular weight excluding hydrogens is 148 g/mol. The molecule has 1 aliphatic heterocycles. The Labute approximate surface area is 73.8 Å². The first-order chi connectivity index (χ1) is 5.77. The number of fused-ring (bicyclic) bond motifs is 5. The van der Waals surface area contributed by atoms with Gasteiger partial charge in [0.1, 0.15) is 0 Å². The third-order valence-corrected chi connectivity index (χ3v) is 4.34. The second kappa shape index (κ2) is 2.07. The van der Waals surface area contributed by atoms with Gasteiger partial charge in [-0.25, -0.2) is 0 Å². The quantitative estimate of drug-likeness (QED) is 0.534. The molecule has 12 heavy (non-hydrogen) atoms. The van der Waals surface area contributed by atoms with E-state index in [4.69, 9.17) is 4.74 Å². The van der Waals surface area contributed by atoms with E-state index in [1.165, 1.54) is 12.8 Å². The van der Waals surface area contributed by atoms with Crippen LogP contribution in [0.5, 0.6) is 0 Å². The molecule has 3 fully saturated rings. The van der Waals surface area contributed by atoms with Crippen LogP contribution in [0.4, 0.5) is 0 Å². The average molecular weight is 164 g/mol. The molecule has 0 aromatic rings. The van der Waals surface area contributed by atoms with Crippen molar-refractivity contribution in [2.75, 3.05) is 6.61 Å². The number of hydrogen-bond acceptors (Lipinski definition) is 1. The summed E-state index contributed by atoms with van der Waals surface area (Å²) in [6, 6.07) is 0. The normalized spacial score (nSPS) is 55.8. The molecule has 2 saturated carbocycles. The fraction of sp³-hybridized carbons (Fsp3) is 0.818. The van der Waals surface area contributed by atoms with Gasteiger partial charge in [0.2, 0.25) is 0 Å². The lowest BCUT2D eigenvalue weighted by Gasteiger charge is -2.27. The minimum absolute atomic E-state index is 0.735. The Balaban J connectivity index is 1.95. The molecule has 3 aliphatic rings. The van der Waals surface area contributed by atoms with Gasteiger partial charge in [-0.1, -0.05) is 13.5 Å². The summed E-state index contributed by atoms with van der Waals surface area (Å²) >= 11 is 0. The van der Waals surface area contributed by atoms with Crippen molar-refractivity contribution in [1.29, 1.82) is 0 Å². The van der Waals surface area contributed by atoms with Gasteiger partial charge in [-0.3, -0.25) is 0 Å². The fourth-order valence-corrected chi connectivity index (χ4v) is 3.81. The van der Waals surface area contributed by atoms with Gasteiger partial charge in [0.25, 0.3) is 0 Å². The highest BCUT2D eigenvalue weighted by molar-refractivity contribution is 5.13. The van der Waals surface area contributed by atoms with E-state index in [2.05, 4.69) is 13.5 Å². The van der Waals surface area contributed by atoms with Gasteiger partial charge in [0, 0.05) is 11.8 Å². The molecule has 1 heterocycles. The molecule has 1 heteroatoms. The van der Waals surface area contributed by atoms with E-state index in [1.807, 2.05) is 0 Å². The molecule has 66 valence electrons. The summed E-state index contributed by atoms with van der Waals surface area (Å²) < 4.78 is 5.55. The van der Waals surface area contributed by atoms with Crippen molar-refractivity contribution in [2.45, 2.75) is 19.8 Å². The van der Waals surface area contributed by atoms with Gasteiger partial charge >= 0.3 is 0 Å². The molecule has 5 unspecified atom stereocenters. The summed E-state index contributed by atoms with van der Waals surface area (Å²) in [5.74, 6) is 5.48. The Morgan fingerprint density at radius 1 is 1.33 bits per heavy atom. The van der Waals surface area contributed by atoms with Crippen molar-refractivity contribution in [1.82, 2.24) is 0 Å². The molecular formula is C11H16O. The zero-order chi connectivity index (χ0) is 8.29. The van der Waals surface area contributed by atoms with Crippen LogP contribution in [0.1, 0.15) is 19.8 Å². The van der Waals surface area contributed by atoms with Crippen molar-refractivity contribution in [2.24, 2.45) is 29.6 Å². The van der Waals surface area contributed by atoms with Crippen LogP contribution in [-0.2, 0) is 4.74 Å². The van der Waals surface area contributed by atoms with Crippen molar-refractivity contribution in [3.63, 3.8) is 0 Å². The van der Waals surface area contributed by atoms with E-state index in [1.54, 1.807) is 0 Å². The molecule has 5 atom stereocenters. The molecule has 0 spiro atoms. The second-order valence-electron chi connectivity index (χ2n) is 4.84. The number of hydrogen-bond donors (Lipinski definition) is 0. The summed E-state index contributed by atoms with van der Waals surface area (Å²) in [5.41, 5.74) is 0. The van der Waals surface area contributed by atoms with Crippen molar-refractivity contribution < 1.29 is 4.74 Å². The van der Waals surface area contributed by atoms with E-state index in [0.717, 1.165) is 42.0 Å². The van der Waals surface area contributed by atoms with E-state index in [9.17, 15) is 0 Å². The Kier molecular flexibility index (Phi) is 1.20. The molecule has 1 saturated heterocycles. The Hall–Kier alpha value is -0.460. The number of allylic oxidation sites excluding steroid dienone is 1. The predicted molar refractivity (Wildman–Crippen MR) is 47.5 cm³/mol. The first-order valence-electron chi connectivity index (χ1n) is 5.09. The maximum atomic E-state index is 5.55. The van der Waals surface area contributed by atoms with Crippen LogP contribution < -0.4 is 0 Å². The number of ether oxygens (including phenoxy) is 1. The van der Waals surface area contributed by atoms with Gasteiger partial charge in [-0.05, 0) is 30.6 Å². The third-order valence-electron chi connectivity index (χ3n) is 4.34. The zero-order valence-electron chi connectivity index (χ0n) is 7.62. The zero-order valence-corrected chi connectivity index (χ0v) is 7.62. The smallest absolute Gasteiger partial charge is 0.0926 e. The standard InChI is InChI=1S/C11H16O/c1-6-3-8-4-9(6)11-7(2)12-5-10(8)11/h6,8-11H,2-5H2,1H3. The lowest BCUT2D eigenvalue weighted by Crippen LogP contribution is -2.24. The van der Waals surface area contributed by atoms with E-state index < -0.39 is 0 Å². The summed E-state index contributed by atoms with van der Waals surface area (Å²) in [6.07, 6.45) is 2.90. The molecule has 0 radical (unpaired) electrons. The van der Waals surface area contributed by atoms with Crippen molar-refractivity contribution in [3.8, 4) is 0 Å². The van der Waals surface area contributed by atoms with Crippen molar-refractivity contribution in [3.05, 3.63) is 12.3 Å². The largest absolute Gasteiger partial charge is 0.498 e. The SMILES string of the molecule is C=C1OCC2C3CC(C)C(C3)C12. The Morgan fingerprint density at radius 3 is 3.00 bits per heavy atom. The van der Waals surface area contributed by atoms with Gasteiger partial charge in [-0.2, -0.15) is 0 Å². The van der Waals surface area contributed by atoms with E-state index in [-0.39, 0.29) is 0 Å². The van der Waals surface area contributed by atoms with Gasteiger partial charge < -0.3 is 4.74 Å². The monoisotopic (exact) mass is 164 g/mol. The Bertz CT molecular complexity index is 233. The van der Waals surface area contributed by atoms with E-state index in [0.29, 0.717) is 0 Å². The molecule has 1 nitrogen and oxygen atoms in total. The summed E-state index contributed by atoms with van der Waals surface area (Å²) in [4.78, 5) is 0. The van der Waals surface area contributed by atoms with Crippen LogP contribution >= 0.6 is 0 Å². The van der Waals surface area contributed by atoms with Crippen LogP contribution in [0.25, 0.3) is 0 Å². The van der Waals surface area contributed by atoms with E-state index >= 15 is 0 Å². The fourth-order valence-electron chi connectivity index (χ4n) is 3.81. The molecule has 2 bridgehead atoms. The molecule has 2 aliphatic carbocycles. The van der Waals surface area contributed by atoms with Crippen LogP contribution in [0, 0.1) is 29.6 Å². The van der Waals surface area contributed by atoms with Gasteiger partial charge in [0.05, 0.1) is 12.4 Å². The van der Waals surface area contributed by atoms with Crippen LogP contribution in [0.3, 0.4) is 0 Å². The Morgan fingerprint density at radius 2 is 2.17 bits per heavy atom. The van der Waals surface area contributed by atoms with Crippen LogP contribution in [0.15, 0.2) is 12.3 Å². The molecule has 0 aromatic carbocycles. The highest BCUT2D eigenvalue weighted by Gasteiger charge is 2.55. The average Bonchev–Trinajstić information content (AvgIpc) is 2.62. The second-order valence-corrected chi connectivity index (χ2v) is 4.84. The molecule has 0 aromatic heterocycles. The molecule has 3 rings (SSSR count). The predicted octanol–water partition coefficient (Wildman–Crippen LogP) is 2.44. The summed E-state index contributed by atoms with van der Waals surface area (Å²) in [5, 5.41) is 0. The highest BCUT2D eigenvalue weighted by Crippen LogP contribution is 2.59. The molecule has 0 N–H and O–H groups in total. The summed E-state index contributed by atoms with van der Waals surface area (Å²) in [7, 11) is 0. The maximum Gasteiger partial charge on any atom is 0.0926 e. The maximum absolute atomic E-state index is 5.55. The lowest BCUT2D eigenvalue weighted by atomic mass is 9.75. The minimum Gasteiger partial charge on any atom is -0.498 e. The first kappa shape index (κ1) is 6.99. The highest BCUT2D eigenvalue weighted by atomic mass is 16.5. The minimum atomic E-state index is 0.735. The van der Waals surface area contributed by atoms with Gasteiger partial charge in [0.15, 0.2) is 0 Å². The topological polar surface area (TPSA) is 9.23 Å². The van der Waals surface area contributed by atoms with Crippen LogP contribution in [-0.4, -0.2) is 6.61 Å². The van der Waals surface area contributed by atoms with Gasteiger partial charge in [-0.15, -0.1) is 0 Å². The van der Waals surface area contributed by atoms with Crippen molar-refractivity contribution >= 4 is 0 Å². The van der Waals surface area contributed by atoms with Crippen LogP contribution in [0.2, 0.25) is 0 Å². The molecule has 0 amide bonds. The first-order valence-corrected chi connectivity index (χ1v) is 5.09. The number of rotatable bonds is 0. The summed E-state index contributed by atoms with van der Waals surface area (Å²) in [6.45, 7) is 7.39. The lowest BCUT2D eigenvalue weighted by molar-refractivity contribution is 0.208. The third kappa shape index (κ3) is 0.657.